The standard InChI is InChI=1S/C13H18N4O2/c1-3-12-14-13(16-19-12)11-5-4-6-17(11)8-10-7-9(2)18-15-10/h7,11H,3-6,8H2,1-2H3. The molecule has 0 radical (unpaired) electrons. The molecule has 0 amide bonds. The molecule has 0 saturated carbocycles. The van der Waals surface area contributed by atoms with Crippen LogP contribution in [-0.4, -0.2) is 26.7 Å². The molecule has 6 heteroatoms. The summed E-state index contributed by atoms with van der Waals surface area (Å²) in [6.07, 6.45) is 3.00. The van der Waals surface area contributed by atoms with Crippen molar-refractivity contribution in [2.24, 2.45) is 0 Å². The predicted octanol–water partition coefficient (Wildman–Crippen LogP) is 2.27. The van der Waals surface area contributed by atoms with Crippen molar-refractivity contribution in [1.82, 2.24) is 20.2 Å². The van der Waals surface area contributed by atoms with Gasteiger partial charge in [-0.1, -0.05) is 17.2 Å². The van der Waals surface area contributed by atoms with Crippen molar-refractivity contribution in [3.63, 3.8) is 0 Å². The van der Waals surface area contributed by atoms with E-state index < -0.39 is 0 Å². The smallest absolute Gasteiger partial charge is 0.226 e. The van der Waals surface area contributed by atoms with E-state index in [9.17, 15) is 0 Å². The molecule has 0 bridgehead atoms. The van der Waals surface area contributed by atoms with Crippen molar-refractivity contribution >= 4 is 0 Å². The Hall–Kier alpha value is -1.69. The molecule has 2 aromatic rings. The third-order valence-corrected chi connectivity index (χ3v) is 3.49. The minimum Gasteiger partial charge on any atom is -0.361 e. The number of nitrogens with zero attached hydrogens (tertiary/aromatic N) is 4. The zero-order valence-corrected chi connectivity index (χ0v) is 11.3. The van der Waals surface area contributed by atoms with Crippen LogP contribution in [0.2, 0.25) is 0 Å². The van der Waals surface area contributed by atoms with Crippen LogP contribution in [0, 0.1) is 6.92 Å². The summed E-state index contributed by atoms with van der Waals surface area (Å²) in [7, 11) is 0. The molecule has 0 aliphatic carbocycles. The Balaban J connectivity index is 1.74. The van der Waals surface area contributed by atoms with Gasteiger partial charge >= 0.3 is 0 Å². The normalized spacial score (nSPS) is 20.2. The topological polar surface area (TPSA) is 68.2 Å². The lowest BCUT2D eigenvalue weighted by Crippen LogP contribution is -2.23. The van der Waals surface area contributed by atoms with Gasteiger partial charge in [0.2, 0.25) is 5.89 Å². The molecule has 1 atom stereocenters. The Bertz CT molecular complexity index is 548. The summed E-state index contributed by atoms with van der Waals surface area (Å²) in [6.45, 7) is 5.73. The average Bonchev–Trinajstić information content (AvgIpc) is 3.10. The van der Waals surface area contributed by atoms with Crippen LogP contribution in [0.15, 0.2) is 15.1 Å². The summed E-state index contributed by atoms with van der Waals surface area (Å²) in [5.41, 5.74) is 0.962. The van der Waals surface area contributed by atoms with E-state index in [2.05, 4.69) is 20.2 Å². The van der Waals surface area contributed by atoms with Crippen LogP contribution in [0.4, 0.5) is 0 Å². The average molecular weight is 262 g/mol. The van der Waals surface area contributed by atoms with Crippen LogP contribution in [0.3, 0.4) is 0 Å². The molecule has 19 heavy (non-hydrogen) atoms. The highest BCUT2D eigenvalue weighted by Gasteiger charge is 2.30. The Labute approximate surface area is 111 Å². The lowest BCUT2D eigenvalue weighted by molar-refractivity contribution is 0.227. The van der Waals surface area contributed by atoms with E-state index in [1.54, 1.807) is 0 Å². The largest absolute Gasteiger partial charge is 0.361 e. The van der Waals surface area contributed by atoms with Crippen LogP contribution in [-0.2, 0) is 13.0 Å². The summed E-state index contributed by atoms with van der Waals surface area (Å²) in [6, 6.07) is 2.21. The first-order valence-corrected chi connectivity index (χ1v) is 6.75. The zero-order valence-electron chi connectivity index (χ0n) is 11.3. The molecule has 102 valence electrons. The van der Waals surface area contributed by atoms with Crippen molar-refractivity contribution in [3.8, 4) is 0 Å². The highest BCUT2D eigenvalue weighted by atomic mass is 16.5. The second-order valence-electron chi connectivity index (χ2n) is 4.96. The summed E-state index contributed by atoms with van der Waals surface area (Å²) in [5.74, 6) is 2.35. The van der Waals surface area contributed by atoms with E-state index in [1.807, 2.05) is 19.9 Å². The van der Waals surface area contributed by atoms with E-state index in [0.29, 0.717) is 5.89 Å². The molecule has 1 aliphatic heterocycles. The first kappa shape index (κ1) is 12.3. The van der Waals surface area contributed by atoms with Gasteiger partial charge in [-0.15, -0.1) is 0 Å². The van der Waals surface area contributed by atoms with E-state index >= 15 is 0 Å². The molecule has 0 aromatic carbocycles. The second-order valence-corrected chi connectivity index (χ2v) is 4.96. The molecule has 1 aliphatic rings. The van der Waals surface area contributed by atoms with Crippen LogP contribution >= 0.6 is 0 Å². The van der Waals surface area contributed by atoms with Crippen molar-refractivity contribution in [3.05, 3.63) is 29.2 Å². The molecular formula is C13H18N4O2. The van der Waals surface area contributed by atoms with Gasteiger partial charge in [-0.05, 0) is 26.3 Å². The molecule has 0 N–H and O–H groups in total. The van der Waals surface area contributed by atoms with Crippen LogP contribution < -0.4 is 0 Å². The molecule has 2 aromatic heterocycles. The Kier molecular flexibility index (Phi) is 3.33. The summed E-state index contributed by atoms with van der Waals surface area (Å²) >= 11 is 0. The first-order valence-electron chi connectivity index (χ1n) is 6.75. The van der Waals surface area contributed by atoms with Crippen molar-refractivity contribution in [2.45, 2.75) is 45.7 Å². The fourth-order valence-corrected chi connectivity index (χ4v) is 2.56. The monoisotopic (exact) mass is 262 g/mol. The van der Waals surface area contributed by atoms with E-state index in [1.165, 1.54) is 0 Å². The number of hydrogen-bond acceptors (Lipinski definition) is 6. The van der Waals surface area contributed by atoms with Gasteiger partial charge in [-0.25, -0.2) is 0 Å². The SMILES string of the molecule is CCc1nc(C2CCCN2Cc2cc(C)on2)no1. The van der Waals surface area contributed by atoms with E-state index in [4.69, 9.17) is 9.05 Å². The highest BCUT2D eigenvalue weighted by Crippen LogP contribution is 2.31. The summed E-state index contributed by atoms with van der Waals surface area (Å²) in [5, 5.41) is 8.14. The quantitative estimate of drug-likeness (QED) is 0.842. The molecule has 3 rings (SSSR count). The van der Waals surface area contributed by atoms with Crippen LogP contribution in [0.25, 0.3) is 0 Å². The molecule has 1 saturated heterocycles. The van der Waals surface area contributed by atoms with Crippen molar-refractivity contribution < 1.29 is 9.05 Å². The van der Waals surface area contributed by atoms with Gasteiger partial charge < -0.3 is 9.05 Å². The van der Waals surface area contributed by atoms with Gasteiger partial charge in [0.05, 0.1) is 11.7 Å². The lowest BCUT2D eigenvalue weighted by atomic mass is 10.2. The minimum atomic E-state index is 0.237. The predicted molar refractivity (Wildman–Crippen MR) is 67.3 cm³/mol. The van der Waals surface area contributed by atoms with E-state index in [0.717, 1.165) is 49.6 Å². The van der Waals surface area contributed by atoms with Gasteiger partial charge in [-0.2, -0.15) is 4.98 Å². The van der Waals surface area contributed by atoms with E-state index in [-0.39, 0.29) is 6.04 Å². The van der Waals surface area contributed by atoms with Crippen molar-refractivity contribution in [2.75, 3.05) is 6.54 Å². The number of aromatic nitrogens is 3. The maximum atomic E-state index is 5.21. The number of hydrogen-bond donors (Lipinski definition) is 0. The van der Waals surface area contributed by atoms with Gasteiger partial charge in [0.15, 0.2) is 5.82 Å². The molecule has 3 heterocycles. The fourth-order valence-electron chi connectivity index (χ4n) is 2.56. The number of likely N-dealkylation sites (tertiary alicyclic amines) is 1. The van der Waals surface area contributed by atoms with Gasteiger partial charge in [-0.3, -0.25) is 4.90 Å². The van der Waals surface area contributed by atoms with Crippen LogP contribution in [0.5, 0.6) is 0 Å². The molecule has 1 unspecified atom stereocenters. The van der Waals surface area contributed by atoms with Crippen LogP contribution in [0.1, 0.15) is 49.0 Å². The minimum absolute atomic E-state index is 0.237. The summed E-state index contributed by atoms with van der Waals surface area (Å²) < 4.78 is 10.3. The molecule has 0 spiro atoms. The maximum absolute atomic E-state index is 5.21. The maximum Gasteiger partial charge on any atom is 0.226 e. The van der Waals surface area contributed by atoms with Gasteiger partial charge in [0, 0.05) is 19.0 Å². The first-order chi connectivity index (χ1) is 9.26. The Morgan fingerprint density at radius 3 is 2.95 bits per heavy atom. The molecule has 6 nitrogen and oxygen atoms in total. The van der Waals surface area contributed by atoms with Gasteiger partial charge in [0.1, 0.15) is 5.76 Å². The third-order valence-electron chi connectivity index (χ3n) is 3.49. The third kappa shape index (κ3) is 2.53. The highest BCUT2D eigenvalue weighted by molar-refractivity contribution is 5.06. The molecular weight excluding hydrogens is 244 g/mol. The zero-order chi connectivity index (χ0) is 13.2. The Morgan fingerprint density at radius 1 is 1.37 bits per heavy atom. The number of aryl methyl sites for hydroxylation is 2. The Morgan fingerprint density at radius 2 is 2.26 bits per heavy atom. The van der Waals surface area contributed by atoms with Gasteiger partial charge in [0.25, 0.3) is 0 Å². The summed E-state index contributed by atoms with van der Waals surface area (Å²) in [4.78, 5) is 6.78. The fraction of sp³-hybridized carbons (Fsp3) is 0.615. The second kappa shape index (κ2) is 5.13. The lowest BCUT2D eigenvalue weighted by Gasteiger charge is -2.20. The number of rotatable bonds is 4. The van der Waals surface area contributed by atoms with Crippen molar-refractivity contribution in [1.29, 1.82) is 0 Å². The molecule has 1 fully saturated rings.